The minimum absolute atomic E-state index is 1.41. The zero-order valence-corrected chi connectivity index (χ0v) is 23.3. The van der Waals surface area contributed by atoms with Gasteiger partial charge in [-0.1, -0.05) is 0 Å². The van der Waals surface area contributed by atoms with E-state index in [1.165, 1.54) is 94.9 Å². The molecule has 10 rings (SSSR count). The summed E-state index contributed by atoms with van der Waals surface area (Å²) in [5, 5.41) is 42.5. The summed E-state index contributed by atoms with van der Waals surface area (Å²) in [5.74, 6) is 0. The lowest BCUT2D eigenvalue weighted by atomic mass is 9.85. The van der Waals surface area contributed by atoms with E-state index in [2.05, 4.69) is 66.6 Å². The van der Waals surface area contributed by atoms with Crippen LogP contribution in [0.25, 0.3) is 94.9 Å². The van der Waals surface area contributed by atoms with E-state index >= 15 is 0 Å². The van der Waals surface area contributed by atoms with E-state index in [9.17, 15) is 0 Å². The standard InChI is InChI=1S/C30H12S6/c1-4-34-28-13(1)22-25(16-7-31-10-19(16)28)23-14-2-6-36-30(14)21-12-33-9-18(21)27(23)24-15-3-5-35-29(15)20-11-32-8-17(20)26(22)24/h1-12H. The van der Waals surface area contributed by atoms with Gasteiger partial charge >= 0.3 is 0 Å². The molecule has 10 aromatic rings. The molecule has 0 saturated heterocycles. The van der Waals surface area contributed by atoms with Gasteiger partial charge in [-0.2, -0.15) is 34.0 Å². The van der Waals surface area contributed by atoms with Gasteiger partial charge in [-0.15, -0.1) is 34.0 Å². The van der Waals surface area contributed by atoms with E-state index in [0.29, 0.717) is 0 Å². The van der Waals surface area contributed by atoms with Crippen LogP contribution in [0.4, 0.5) is 0 Å². The summed E-state index contributed by atoms with van der Waals surface area (Å²) in [7, 11) is 0. The fourth-order valence-corrected chi connectivity index (χ4v) is 12.0. The second kappa shape index (κ2) is 6.64. The Morgan fingerprint density at radius 1 is 0.306 bits per heavy atom. The molecule has 168 valence electrons. The van der Waals surface area contributed by atoms with Crippen LogP contribution in [0.2, 0.25) is 0 Å². The molecule has 0 aliphatic heterocycles. The molecule has 36 heavy (non-hydrogen) atoms. The Kier molecular flexibility index (Phi) is 3.60. The summed E-state index contributed by atoms with van der Waals surface area (Å²) < 4.78 is 4.27. The van der Waals surface area contributed by atoms with E-state index in [0.717, 1.165) is 0 Å². The molecule has 6 heterocycles. The van der Waals surface area contributed by atoms with Gasteiger partial charge < -0.3 is 0 Å². The van der Waals surface area contributed by atoms with Gasteiger partial charge in [0.25, 0.3) is 0 Å². The van der Waals surface area contributed by atoms with Gasteiger partial charge in [-0.25, -0.2) is 0 Å². The molecule has 0 bridgehead atoms. The average molecular weight is 565 g/mol. The summed E-state index contributed by atoms with van der Waals surface area (Å²) >= 11 is 11.2. The van der Waals surface area contributed by atoms with Crippen molar-refractivity contribution in [3.8, 4) is 0 Å². The summed E-state index contributed by atoms with van der Waals surface area (Å²) in [6, 6.07) is 7.11. The second-order valence-electron chi connectivity index (χ2n) is 9.34. The first-order valence-corrected chi connectivity index (χ1v) is 17.0. The van der Waals surface area contributed by atoms with Crippen LogP contribution >= 0.6 is 68.0 Å². The molecule has 0 amide bonds. The Bertz CT molecular complexity index is 2050. The van der Waals surface area contributed by atoms with E-state index in [1.807, 2.05) is 68.0 Å². The van der Waals surface area contributed by atoms with Crippen LogP contribution in [-0.2, 0) is 0 Å². The quantitative estimate of drug-likeness (QED) is 0.161. The number of benzene rings is 4. The van der Waals surface area contributed by atoms with Crippen LogP contribution in [0.5, 0.6) is 0 Å². The van der Waals surface area contributed by atoms with Crippen molar-refractivity contribution < 1.29 is 0 Å². The first-order chi connectivity index (χ1) is 17.9. The molecular formula is C30H12S6. The van der Waals surface area contributed by atoms with E-state index in [-0.39, 0.29) is 0 Å². The molecule has 0 fully saturated rings. The maximum atomic E-state index is 2.39. The zero-order chi connectivity index (χ0) is 23.1. The molecule has 6 aromatic heterocycles. The normalized spacial score (nSPS) is 13.0. The lowest BCUT2D eigenvalue weighted by Crippen LogP contribution is -1.88. The largest absolute Gasteiger partial charge is 0.151 e. The second-order valence-corrected chi connectivity index (χ2v) is 14.3. The minimum atomic E-state index is 1.41. The SMILES string of the molecule is c1cc2c(s1)c1cscc1c1c2c2c3cscc3c3sccc3c2c2c3cscc3c3sccc3c12. The van der Waals surface area contributed by atoms with Crippen molar-refractivity contribution in [2.45, 2.75) is 0 Å². The molecule has 0 aliphatic carbocycles. The fourth-order valence-electron chi connectivity index (χ4n) is 6.51. The Morgan fingerprint density at radius 3 is 0.917 bits per heavy atom. The lowest BCUT2D eigenvalue weighted by Gasteiger charge is -2.17. The van der Waals surface area contributed by atoms with Gasteiger partial charge in [-0.3, -0.25) is 0 Å². The highest BCUT2D eigenvalue weighted by Crippen LogP contribution is 2.54. The van der Waals surface area contributed by atoms with Crippen molar-refractivity contribution in [1.29, 1.82) is 0 Å². The van der Waals surface area contributed by atoms with Gasteiger partial charge in [0.15, 0.2) is 0 Å². The summed E-state index contributed by atoms with van der Waals surface area (Å²) in [6.07, 6.45) is 0. The zero-order valence-electron chi connectivity index (χ0n) is 18.4. The first kappa shape index (κ1) is 19.5. The van der Waals surface area contributed by atoms with Crippen molar-refractivity contribution in [3.05, 3.63) is 66.6 Å². The summed E-state index contributed by atoms with van der Waals surface area (Å²) in [5.41, 5.74) is 0. The van der Waals surface area contributed by atoms with Crippen LogP contribution in [0.3, 0.4) is 0 Å². The third-order valence-electron chi connectivity index (χ3n) is 7.83. The number of rotatable bonds is 0. The first-order valence-electron chi connectivity index (χ1n) is 11.6. The fraction of sp³-hybridized carbons (Fsp3) is 0. The summed E-state index contributed by atoms with van der Waals surface area (Å²) in [6.45, 7) is 0. The van der Waals surface area contributed by atoms with Gasteiger partial charge in [0.2, 0.25) is 0 Å². The third-order valence-corrected chi connectivity index (χ3v) is 12.9. The monoisotopic (exact) mass is 564 g/mol. The predicted octanol–water partition coefficient (Wildman–Crippen LogP) is 12.4. The Balaban J connectivity index is 1.78. The van der Waals surface area contributed by atoms with Gasteiger partial charge in [0.05, 0.1) is 0 Å². The Hall–Kier alpha value is -2.58. The van der Waals surface area contributed by atoms with Crippen molar-refractivity contribution in [2.24, 2.45) is 0 Å². The van der Waals surface area contributed by atoms with Crippen LogP contribution in [0, 0.1) is 0 Å². The number of thiophene rings is 6. The van der Waals surface area contributed by atoms with E-state index in [1.54, 1.807) is 0 Å². The van der Waals surface area contributed by atoms with Crippen LogP contribution in [0.15, 0.2) is 66.6 Å². The highest BCUT2D eigenvalue weighted by atomic mass is 32.1. The van der Waals surface area contributed by atoms with E-state index in [4.69, 9.17) is 0 Å². The van der Waals surface area contributed by atoms with Crippen molar-refractivity contribution in [2.75, 3.05) is 0 Å². The Morgan fingerprint density at radius 2 is 0.583 bits per heavy atom. The maximum Gasteiger partial charge on any atom is 0.0436 e. The molecule has 6 heteroatoms. The molecule has 0 unspecified atom stereocenters. The number of hydrogen-bond acceptors (Lipinski definition) is 6. The molecule has 4 aromatic carbocycles. The lowest BCUT2D eigenvalue weighted by molar-refractivity contribution is 2.06. The predicted molar refractivity (Wildman–Crippen MR) is 171 cm³/mol. The van der Waals surface area contributed by atoms with Gasteiger partial charge in [0, 0.05) is 111 Å². The van der Waals surface area contributed by atoms with Crippen LogP contribution < -0.4 is 0 Å². The average Bonchev–Trinajstić information content (AvgIpc) is 3.73. The van der Waals surface area contributed by atoms with Crippen molar-refractivity contribution >= 4 is 163 Å². The third kappa shape index (κ3) is 2.11. The topological polar surface area (TPSA) is 0 Å². The highest BCUT2D eigenvalue weighted by molar-refractivity contribution is 7.20. The van der Waals surface area contributed by atoms with Crippen LogP contribution in [0.1, 0.15) is 0 Å². The molecule has 0 spiro atoms. The van der Waals surface area contributed by atoms with Gasteiger partial charge in [-0.05, 0) is 50.5 Å². The minimum Gasteiger partial charge on any atom is -0.151 e. The number of hydrogen-bond donors (Lipinski definition) is 0. The molecular weight excluding hydrogens is 553 g/mol. The maximum absolute atomic E-state index is 2.39. The molecule has 0 radical (unpaired) electrons. The smallest absolute Gasteiger partial charge is 0.0436 e. The highest BCUT2D eigenvalue weighted by Gasteiger charge is 2.24. The summed E-state index contributed by atoms with van der Waals surface area (Å²) in [4.78, 5) is 0. The van der Waals surface area contributed by atoms with Crippen molar-refractivity contribution in [1.82, 2.24) is 0 Å². The Labute approximate surface area is 227 Å². The molecule has 0 saturated carbocycles. The molecule has 0 aliphatic rings. The van der Waals surface area contributed by atoms with Gasteiger partial charge in [0.1, 0.15) is 0 Å². The number of fused-ring (bicyclic) bond motifs is 21. The molecule has 0 nitrogen and oxygen atoms in total. The van der Waals surface area contributed by atoms with Crippen LogP contribution in [-0.4, -0.2) is 0 Å². The molecule has 0 N–H and O–H groups in total. The van der Waals surface area contributed by atoms with E-state index < -0.39 is 0 Å². The molecule has 0 atom stereocenters. The van der Waals surface area contributed by atoms with Crippen molar-refractivity contribution in [3.63, 3.8) is 0 Å².